The highest BCUT2D eigenvalue weighted by Crippen LogP contribution is 2.26. The van der Waals surface area contributed by atoms with E-state index in [1.807, 2.05) is 37.5 Å². The number of pyridine rings is 1. The minimum atomic E-state index is -0.0834. The van der Waals surface area contributed by atoms with Crippen LogP contribution in [0.2, 0.25) is 0 Å². The lowest BCUT2D eigenvalue weighted by Gasteiger charge is -2.23. The summed E-state index contributed by atoms with van der Waals surface area (Å²) >= 11 is 0. The number of rotatable bonds is 4. The molecule has 3 heterocycles. The van der Waals surface area contributed by atoms with Gasteiger partial charge >= 0.3 is 0 Å². The van der Waals surface area contributed by atoms with E-state index in [9.17, 15) is 4.79 Å². The first-order chi connectivity index (χ1) is 13.2. The number of hydrogen-bond acceptors (Lipinski definition) is 5. The van der Waals surface area contributed by atoms with Crippen LogP contribution in [-0.4, -0.2) is 35.7 Å². The van der Waals surface area contributed by atoms with Crippen LogP contribution >= 0.6 is 0 Å². The minimum Gasteiger partial charge on any atom is -0.388 e. The molecule has 1 fully saturated rings. The van der Waals surface area contributed by atoms with Crippen molar-refractivity contribution in [1.82, 2.24) is 14.7 Å². The van der Waals surface area contributed by atoms with E-state index in [0.29, 0.717) is 17.3 Å². The van der Waals surface area contributed by atoms with E-state index in [1.165, 1.54) is 11.8 Å². The molecule has 0 amide bonds. The van der Waals surface area contributed by atoms with Crippen LogP contribution in [-0.2, 0) is 0 Å². The van der Waals surface area contributed by atoms with Crippen molar-refractivity contribution in [2.75, 3.05) is 25.5 Å². The zero-order valence-electron chi connectivity index (χ0n) is 15.3. The summed E-state index contributed by atoms with van der Waals surface area (Å²) < 4.78 is 1.64. The Kier molecular flexibility index (Phi) is 4.73. The molecular weight excluding hydrogens is 338 g/mol. The molecule has 0 radical (unpaired) electrons. The fourth-order valence-electron chi connectivity index (χ4n) is 3.73. The summed E-state index contributed by atoms with van der Waals surface area (Å²) in [7, 11) is 1.82. The van der Waals surface area contributed by atoms with Crippen molar-refractivity contribution in [3.05, 3.63) is 64.1 Å². The molecule has 0 spiro atoms. The van der Waals surface area contributed by atoms with Gasteiger partial charge in [-0.2, -0.15) is 0 Å². The number of nitrogens with zero attached hydrogens (tertiary/aromatic N) is 2. The lowest BCUT2D eigenvalue weighted by atomic mass is 9.91. The van der Waals surface area contributed by atoms with Crippen LogP contribution in [0.5, 0.6) is 0 Å². The molecule has 0 saturated carbocycles. The van der Waals surface area contributed by atoms with Crippen molar-refractivity contribution in [2.45, 2.75) is 18.8 Å². The normalized spacial score (nSPS) is 15.0. The molecular formula is C21H23N5O. The Morgan fingerprint density at radius 2 is 2.04 bits per heavy atom. The van der Waals surface area contributed by atoms with Crippen molar-refractivity contribution < 1.29 is 0 Å². The van der Waals surface area contributed by atoms with Crippen LogP contribution in [0.25, 0.3) is 16.9 Å². The van der Waals surface area contributed by atoms with Crippen molar-refractivity contribution in [2.24, 2.45) is 0 Å². The Morgan fingerprint density at radius 3 is 2.78 bits per heavy atom. The first kappa shape index (κ1) is 17.4. The van der Waals surface area contributed by atoms with Crippen LogP contribution in [0.1, 0.15) is 29.9 Å². The average molecular weight is 361 g/mol. The van der Waals surface area contributed by atoms with Gasteiger partial charge in [0.2, 0.25) is 0 Å². The molecule has 3 N–H and O–H groups in total. The maximum Gasteiger partial charge on any atom is 0.258 e. The molecule has 138 valence electrons. The lowest BCUT2D eigenvalue weighted by Crippen LogP contribution is -2.27. The summed E-state index contributed by atoms with van der Waals surface area (Å²) in [6.45, 7) is 2.04. The molecule has 3 aromatic rings. The van der Waals surface area contributed by atoms with Gasteiger partial charge in [-0.05, 0) is 55.6 Å². The molecule has 6 heteroatoms. The quantitative estimate of drug-likeness (QED) is 0.624. The predicted molar refractivity (Wildman–Crippen MR) is 109 cm³/mol. The summed E-state index contributed by atoms with van der Waals surface area (Å²) in [5, 5.41) is 14.0. The van der Waals surface area contributed by atoms with E-state index in [4.69, 9.17) is 5.41 Å². The molecule has 0 unspecified atom stereocenters. The molecule has 1 aliphatic heterocycles. The lowest BCUT2D eigenvalue weighted by molar-refractivity contribution is 0.459. The molecule has 6 nitrogen and oxygen atoms in total. The minimum absolute atomic E-state index is 0.0834. The van der Waals surface area contributed by atoms with Gasteiger partial charge in [-0.25, -0.2) is 4.98 Å². The second-order valence-electron chi connectivity index (χ2n) is 6.89. The molecule has 1 saturated heterocycles. The Labute approximate surface area is 157 Å². The van der Waals surface area contributed by atoms with E-state index < -0.39 is 0 Å². The van der Waals surface area contributed by atoms with E-state index in [2.05, 4.69) is 21.7 Å². The number of aromatic nitrogens is 2. The fraction of sp³-hybridized carbons (Fsp3) is 0.286. The van der Waals surface area contributed by atoms with Crippen LogP contribution in [0.3, 0.4) is 0 Å². The molecule has 4 rings (SSSR count). The molecule has 0 atom stereocenters. The first-order valence-corrected chi connectivity index (χ1v) is 9.26. The summed E-state index contributed by atoms with van der Waals surface area (Å²) in [4.78, 5) is 17.4. The van der Waals surface area contributed by atoms with E-state index in [0.717, 1.165) is 42.7 Å². The van der Waals surface area contributed by atoms with E-state index in [-0.39, 0.29) is 5.56 Å². The van der Waals surface area contributed by atoms with Gasteiger partial charge in [0.25, 0.3) is 5.56 Å². The van der Waals surface area contributed by atoms with Crippen LogP contribution in [0.4, 0.5) is 5.69 Å². The van der Waals surface area contributed by atoms with Crippen LogP contribution < -0.4 is 16.2 Å². The maximum absolute atomic E-state index is 12.7. The van der Waals surface area contributed by atoms with Crippen molar-refractivity contribution in [1.29, 1.82) is 5.41 Å². The number of hydrogen-bond donors (Lipinski definition) is 3. The van der Waals surface area contributed by atoms with Gasteiger partial charge in [0.1, 0.15) is 5.65 Å². The average Bonchev–Trinajstić information content (AvgIpc) is 2.73. The number of piperidine rings is 1. The zero-order chi connectivity index (χ0) is 18.8. The van der Waals surface area contributed by atoms with Gasteiger partial charge in [0.05, 0.1) is 5.69 Å². The molecule has 27 heavy (non-hydrogen) atoms. The smallest absolute Gasteiger partial charge is 0.258 e. The van der Waals surface area contributed by atoms with Gasteiger partial charge in [-0.3, -0.25) is 9.20 Å². The van der Waals surface area contributed by atoms with Crippen LogP contribution in [0.15, 0.2) is 47.4 Å². The number of nitrogens with one attached hydrogen (secondary N) is 3. The largest absolute Gasteiger partial charge is 0.388 e. The van der Waals surface area contributed by atoms with Crippen molar-refractivity contribution in [3.63, 3.8) is 0 Å². The van der Waals surface area contributed by atoms with Crippen LogP contribution in [0, 0.1) is 5.41 Å². The third-order valence-electron chi connectivity index (χ3n) is 5.27. The van der Waals surface area contributed by atoms with Gasteiger partial charge in [-0.1, -0.05) is 12.1 Å². The molecule has 1 aliphatic rings. The Balaban J connectivity index is 1.76. The number of anilines is 1. The Morgan fingerprint density at radius 1 is 1.22 bits per heavy atom. The highest BCUT2D eigenvalue weighted by molar-refractivity contribution is 5.88. The maximum atomic E-state index is 12.7. The summed E-state index contributed by atoms with van der Waals surface area (Å²) in [5.74, 6) is 0.492. The summed E-state index contributed by atoms with van der Waals surface area (Å²) in [6.07, 6.45) is 5.43. The van der Waals surface area contributed by atoms with Gasteiger partial charge in [-0.15, -0.1) is 0 Å². The third-order valence-corrected chi connectivity index (χ3v) is 5.27. The molecule has 0 aliphatic carbocycles. The SMILES string of the molecule is CNc1ccc(-c2cc(=O)n3cc(C4CCNCC4)ccc3n2)cc1C=N. The molecule has 2 aromatic heterocycles. The topological polar surface area (TPSA) is 82.3 Å². The molecule has 0 bridgehead atoms. The monoisotopic (exact) mass is 361 g/mol. The predicted octanol–water partition coefficient (Wildman–Crippen LogP) is 2.87. The van der Waals surface area contributed by atoms with Gasteiger partial charge < -0.3 is 16.0 Å². The first-order valence-electron chi connectivity index (χ1n) is 9.26. The Hall–Kier alpha value is -2.99. The third kappa shape index (κ3) is 3.36. The van der Waals surface area contributed by atoms with Gasteiger partial charge in [0.15, 0.2) is 0 Å². The zero-order valence-corrected chi connectivity index (χ0v) is 15.3. The second kappa shape index (κ2) is 7.32. The fourth-order valence-corrected chi connectivity index (χ4v) is 3.73. The number of benzene rings is 1. The highest BCUT2D eigenvalue weighted by Gasteiger charge is 2.16. The van der Waals surface area contributed by atoms with Gasteiger partial charge in [0, 0.05) is 42.3 Å². The summed E-state index contributed by atoms with van der Waals surface area (Å²) in [5.41, 5.74) is 4.85. The van der Waals surface area contributed by atoms with E-state index in [1.54, 1.807) is 10.5 Å². The summed E-state index contributed by atoms with van der Waals surface area (Å²) in [6, 6.07) is 11.3. The standard InChI is InChI=1S/C21H23N5O/c1-23-18-4-2-15(10-17(18)12-22)19-11-21(27)26-13-16(3-5-20(26)25-19)14-6-8-24-9-7-14/h2-5,10-14,22-24H,6-9H2,1H3. The van der Waals surface area contributed by atoms with Crippen molar-refractivity contribution >= 4 is 17.5 Å². The Bertz CT molecular complexity index is 1050. The second-order valence-corrected chi connectivity index (χ2v) is 6.89. The van der Waals surface area contributed by atoms with Crippen molar-refractivity contribution in [3.8, 4) is 11.3 Å². The highest BCUT2D eigenvalue weighted by atomic mass is 16.1. The molecule has 1 aromatic carbocycles. The number of fused-ring (bicyclic) bond motifs is 1. The van der Waals surface area contributed by atoms with E-state index >= 15 is 0 Å².